The molecule has 0 aromatic carbocycles. The number of rotatable bonds is 6. The second-order valence-corrected chi connectivity index (χ2v) is 5.43. The van der Waals surface area contributed by atoms with E-state index in [1.54, 1.807) is 0 Å². The van der Waals surface area contributed by atoms with Crippen molar-refractivity contribution >= 4 is 24.5 Å². The van der Waals surface area contributed by atoms with Crippen molar-refractivity contribution in [3.05, 3.63) is 22.4 Å². The summed E-state index contributed by atoms with van der Waals surface area (Å²) in [6.45, 7) is 3.72. The van der Waals surface area contributed by atoms with Gasteiger partial charge in [-0.1, -0.05) is 19.9 Å². The third-order valence-corrected chi connectivity index (χ3v) is 3.17. The number of carbonyl (C=O) groups is 1. The van der Waals surface area contributed by atoms with E-state index >= 15 is 0 Å². The number of thiophene rings is 1. The molecule has 1 unspecified atom stereocenters. The fourth-order valence-corrected chi connectivity index (χ4v) is 2.27. The Morgan fingerprint density at radius 2 is 2.24 bits per heavy atom. The molecular formula is C11H16BF2NOS. The van der Waals surface area contributed by atoms with Gasteiger partial charge in [-0.15, -0.1) is 11.3 Å². The van der Waals surface area contributed by atoms with Crippen molar-refractivity contribution < 1.29 is 13.4 Å². The van der Waals surface area contributed by atoms with Crippen LogP contribution in [0.5, 0.6) is 0 Å². The average molecular weight is 259 g/mol. The number of carbonyl (C=O) groups excluding carboxylic acids is 1. The number of hydrogen-bond acceptors (Lipinski definition) is 2. The Labute approximate surface area is 105 Å². The molecule has 17 heavy (non-hydrogen) atoms. The lowest BCUT2D eigenvalue weighted by atomic mass is 9.80. The smallest absolute Gasteiger partial charge is 0.354 e. The standard InChI is InChI=1S/C11H16BF2NOS/c1-8(2)6-10(12(13)14)15-11(16)7-9-4-3-5-17-9/h3-5,8,10H,6-7H2,1-2H3,(H,15,16). The van der Waals surface area contributed by atoms with E-state index in [0.717, 1.165) is 4.88 Å². The molecule has 0 aliphatic carbocycles. The zero-order valence-electron chi connectivity index (χ0n) is 9.95. The maximum atomic E-state index is 12.7. The van der Waals surface area contributed by atoms with Crippen molar-refractivity contribution in [1.29, 1.82) is 0 Å². The summed E-state index contributed by atoms with van der Waals surface area (Å²) < 4.78 is 25.4. The third-order valence-electron chi connectivity index (χ3n) is 2.29. The molecule has 1 heterocycles. The van der Waals surface area contributed by atoms with Crippen LogP contribution in [0.2, 0.25) is 0 Å². The van der Waals surface area contributed by atoms with Crippen LogP contribution in [0.15, 0.2) is 17.5 Å². The van der Waals surface area contributed by atoms with Crippen molar-refractivity contribution in [2.24, 2.45) is 5.92 Å². The van der Waals surface area contributed by atoms with E-state index in [0.29, 0.717) is 6.42 Å². The predicted molar refractivity (Wildman–Crippen MR) is 67.4 cm³/mol. The first-order chi connectivity index (χ1) is 7.99. The zero-order valence-corrected chi connectivity index (χ0v) is 10.8. The quantitative estimate of drug-likeness (QED) is 0.782. The molecule has 0 fully saturated rings. The summed E-state index contributed by atoms with van der Waals surface area (Å²) in [6, 6.07) is 3.66. The molecule has 0 radical (unpaired) electrons. The minimum atomic E-state index is -2.51. The molecule has 0 aliphatic rings. The summed E-state index contributed by atoms with van der Waals surface area (Å²) in [5, 5.41) is 4.27. The molecule has 1 aromatic heterocycles. The molecular weight excluding hydrogens is 243 g/mol. The monoisotopic (exact) mass is 259 g/mol. The average Bonchev–Trinajstić information content (AvgIpc) is 2.68. The lowest BCUT2D eigenvalue weighted by Crippen LogP contribution is -2.43. The molecule has 94 valence electrons. The summed E-state index contributed by atoms with van der Waals surface area (Å²) in [6.07, 6.45) is 0.479. The first-order valence-electron chi connectivity index (χ1n) is 5.59. The van der Waals surface area contributed by atoms with E-state index in [4.69, 9.17) is 0 Å². The van der Waals surface area contributed by atoms with Gasteiger partial charge < -0.3 is 5.32 Å². The highest BCUT2D eigenvalue weighted by Crippen LogP contribution is 2.12. The van der Waals surface area contributed by atoms with Crippen LogP contribution >= 0.6 is 11.3 Å². The molecule has 0 bridgehead atoms. The van der Waals surface area contributed by atoms with E-state index in [9.17, 15) is 13.4 Å². The van der Waals surface area contributed by atoms with E-state index in [1.165, 1.54) is 11.3 Å². The normalized spacial score (nSPS) is 12.5. The van der Waals surface area contributed by atoms with Gasteiger partial charge in [-0.3, -0.25) is 13.4 Å². The van der Waals surface area contributed by atoms with Crippen LogP contribution in [0.1, 0.15) is 25.1 Å². The summed E-state index contributed by atoms with van der Waals surface area (Å²) in [7, 11) is -2.51. The first kappa shape index (κ1) is 14.2. The number of halogens is 2. The fourth-order valence-electron chi connectivity index (χ4n) is 1.56. The van der Waals surface area contributed by atoms with Crippen LogP contribution in [0, 0.1) is 5.92 Å². The number of amides is 1. The number of nitrogens with one attached hydrogen (secondary N) is 1. The second kappa shape index (κ2) is 6.74. The largest absolute Gasteiger partial charge is 0.559 e. The molecule has 0 aliphatic heterocycles. The molecule has 2 nitrogen and oxygen atoms in total. The van der Waals surface area contributed by atoms with Gasteiger partial charge in [0, 0.05) is 4.88 Å². The minimum absolute atomic E-state index is 0.135. The maximum absolute atomic E-state index is 12.7. The van der Waals surface area contributed by atoms with Crippen LogP contribution in [-0.2, 0) is 11.2 Å². The molecule has 1 aromatic rings. The van der Waals surface area contributed by atoms with Crippen molar-refractivity contribution in [2.45, 2.75) is 32.6 Å². The summed E-state index contributed by atoms with van der Waals surface area (Å²) in [5.41, 5.74) is 0. The molecule has 1 rings (SSSR count). The van der Waals surface area contributed by atoms with Gasteiger partial charge in [0.15, 0.2) is 0 Å². The predicted octanol–water partition coefficient (Wildman–Crippen LogP) is 2.79. The Hall–Kier alpha value is -0.905. The molecule has 0 saturated heterocycles. The SMILES string of the molecule is CC(C)CC(NC(=O)Cc1cccs1)B(F)F. The van der Waals surface area contributed by atoms with Gasteiger partial charge in [0.1, 0.15) is 0 Å². The van der Waals surface area contributed by atoms with Gasteiger partial charge in [0.05, 0.1) is 12.4 Å². The van der Waals surface area contributed by atoms with Gasteiger partial charge in [-0.05, 0) is 23.8 Å². The highest BCUT2D eigenvalue weighted by Gasteiger charge is 2.29. The van der Waals surface area contributed by atoms with Crippen LogP contribution in [0.4, 0.5) is 8.63 Å². The topological polar surface area (TPSA) is 29.1 Å². The van der Waals surface area contributed by atoms with Crippen LogP contribution in [-0.4, -0.2) is 19.1 Å². The number of hydrogen-bond donors (Lipinski definition) is 1. The Kier molecular flexibility index (Phi) is 5.61. The summed E-state index contributed by atoms with van der Waals surface area (Å²) in [4.78, 5) is 12.5. The second-order valence-electron chi connectivity index (χ2n) is 4.39. The highest BCUT2D eigenvalue weighted by molar-refractivity contribution is 7.10. The highest BCUT2D eigenvalue weighted by atomic mass is 32.1. The third kappa shape index (κ3) is 5.30. The van der Waals surface area contributed by atoms with E-state index < -0.39 is 13.2 Å². The fraction of sp³-hybridized carbons (Fsp3) is 0.545. The van der Waals surface area contributed by atoms with Crippen LogP contribution < -0.4 is 5.32 Å². The van der Waals surface area contributed by atoms with Crippen LogP contribution in [0.25, 0.3) is 0 Å². The zero-order chi connectivity index (χ0) is 12.8. The van der Waals surface area contributed by atoms with Gasteiger partial charge in [-0.25, -0.2) is 0 Å². The molecule has 6 heteroatoms. The van der Waals surface area contributed by atoms with Gasteiger partial charge in [0.25, 0.3) is 0 Å². The van der Waals surface area contributed by atoms with Gasteiger partial charge >= 0.3 is 7.27 Å². The van der Waals surface area contributed by atoms with Crippen molar-refractivity contribution in [1.82, 2.24) is 5.32 Å². The molecule has 1 atom stereocenters. The summed E-state index contributed by atoms with van der Waals surface area (Å²) in [5.74, 6) is -1.24. The van der Waals surface area contributed by atoms with E-state index in [1.807, 2.05) is 31.4 Å². The van der Waals surface area contributed by atoms with Crippen molar-refractivity contribution in [3.8, 4) is 0 Å². The van der Waals surface area contributed by atoms with Gasteiger partial charge in [0.2, 0.25) is 5.91 Å². The molecule has 0 saturated carbocycles. The lowest BCUT2D eigenvalue weighted by molar-refractivity contribution is -0.120. The Morgan fingerprint density at radius 3 is 2.71 bits per heavy atom. The Bertz CT molecular complexity index is 343. The molecule has 1 N–H and O–H groups in total. The van der Waals surface area contributed by atoms with E-state index in [-0.39, 0.29) is 18.2 Å². The summed E-state index contributed by atoms with van der Waals surface area (Å²) >= 11 is 1.45. The van der Waals surface area contributed by atoms with E-state index in [2.05, 4.69) is 5.32 Å². The Balaban J connectivity index is 2.46. The van der Waals surface area contributed by atoms with Crippen LogP contribution in [0.3, 0.4) is 0 Å². The molecule has 1 amide bonds. The van der Waals surface area contributed by atoms with Crippen molar-refractivity contribution in [2.75, 3.05) is 0 Å². The molecule has 0 spiro atoms. The maximum Gasteiger partial charge on any atom is 0.559 e. The minimum Gasteiger partial charge on any atom is -0.354 e. The van der Waals surface area contributed by atoms with Crippen molar-refractivity contribution in [3.63, 3.8) is 0 Å². The lowest BCUT2D eigenvalue weighted by Gasteiger charge is -2.17. The Morgan fingerprint density at radius 1 is 1.53 bits per heavy atom. The first-order valence-corrected chi connectivity index (χ1v) is 6.47. The van der Waals surface area contributed by atoms with Gasteiger partial charge in [-0.2, -0.15) is 0 Å².